The summed E-state index contributed by atoms with van der Waals surface area (Å²) < 4.78 is 11.7. The number of carbonyl (C=O) groups is 1. The van der Waals surface area contributed by atoms with E-state index in [1.54, 1.807) is 24.5 Å². The van der Waals surface area contributed by atoms with E-state index in [0.717, 1.165) is 4.47 Å². The number of hydrogen-bond donors (Lipinski definition) is 2. The molecule has 1 aromatic rings. The monoisotopic (exact) mass is 321 g/mol. The average molecular weight is 322 g/mol. The first-order valence-corrected chi connectivity index (χ1v) is 7.54. The molecule has 0 saturated heterocycles. The predicted molar refractivity (Wildman–Crippen MR) is 72.7 cm³/mol. The highest BCUT2D eigenvalue weighted by atomic mass is 79.9. The first kappa shape index (κ1) is 13.7. The molecule has 1 atom stereocenters. The summed E-state index contributed by atoms with van der Waals surface area (Å²) in [5, 5.41) is 2.69. The van der Waals surface area contributed by atoms with Crippen LogP contribution in [-0.4, -0.2) is 28.7 Å². The van der Waals surface area contributed by atoms with Gasteiger partial charge in [-0.15, -0.1) is 12.6 Å². The molecule has 88 valence electrons. The van der Waals surface area contributed by atoms with Gasteiger partial charge < -0.3 is 5.32 Å². The highest BCUT2D eigenvalue weighted by Crippen LogP contribution is 2.19. The Balaban J connectivity index is 2.63. The normalized spacial score (nSPS) is 12.2. The third-order valence-electron chi connectivity index (χ3n) is 1.88. The molecular weight excluding hydrogens is 310 g/mol. The van der Waals surface area contributed by atoms with Crippen LogP contribution in [0.1, 0.15) is 10.4 Å². The van der Waals surface area contributed by atoms with Crippen molar-refractivity contribution in [1.29, 1.82) is 0 Å². The molecule has 6 heteroatoms. The minimum Gasteiger partial charge on any atom is -0.351 e. The number of rotatable bonds is 4. The molecule has 1 amide bonds. The Morgan fingerprint density at radius 2 is 2.25 bits per heavy atom. The number of nitrogens with one attached hydrogen (secondary N) is 1. The maximum absolute atomic E-state index is 11.7. The molecule has 0 saturated carbocycles. The Morgan fingerprint density at radius 1 is 1.56 bits per heavy atom. The number of hydrogen-bond acceptors (Lipinski definition) is 3. The number of amides is 1. The Bertz CT molecular complexity index is 423. The second kappa shape index (κ2) is 6.42. The first-order valence-electron chi connectivity index (χ1n) is 4.57. The smallest absolute Gasteiger partial charge is 0.252 e. The molecule has 1 rings (SSSR count). The standard InChI is InChI=1S/C10H12BrNO2S2/c1-16(14)5-4-12-10(13)8-3-2-7(11)6-9(8)15/h2-3,6,15H,4-5H2,1H3,(H,12,13). The van der Waals surface area contributed by atoms with Gasteiger partial charge >= 0.3 is 0 Å². The second-order valence-corrected chi connectivity index (χ2v) is 6.15. The van der Waals surface area contributed by atoms with Crippen LogP contribution in [0.3, 0.4) is 0 Å². The average Bonchev–Trinajstić information content (AvgIpc) is 2.16. The molecule has 1 N–H and O–H groups in total. The zero-order valence-corrected chi connectivity index (χ0v) is 12.0. The second-order valence-electron chi connectivity index (χ2n) is 3.19. The van der Waals surface area contributed by atoms with E-state index in [9.17, 15) is 9.00 Å². The van der Waals surface area contributed by atoms with Crippen molar-refractivity contribution in [2.24, 2.45) is 0 Å². The van der Waals surface area contributed by atoms with Crippen molar-refractivity contribution in [2.75, 3.05) is 18.6 Å². The maximum Gasteiger partial charge on any atom is 0.252 e. The third kappa shape index (κ3) is 4.27. The molecule has 1 unspecified atom stereocenters. The van der Waals surface area contributed by atoms with Gasteiger partial charge in [-0.25, -0.2) is 0 Å². The summed E-state index contributed by atoms with van der Waals surface area (Å²) in [6.45, 7) is 0.408. The van der Waals surface area contributed by atoms with Gasteiger partial charge in [0.2, 0.25) is 0 Å². The lowest BCUT2D eigenvalue weighted by molar-refractivity contribution is 0.0953. The minimum absolute atomic E-state index is 0.192. The summed E-state index contributed by atoms with van der Waals surface area (Å²) >= 11 is 7.52. The van der Waals surface area contributed by atoms with Gasteiger partial charge in [-0.05, 0) is 18.2 Å². The molecule has 0 aliphatic carbocycles. The predicted octanol–water partition coefficient (Wildman–Crippen LogP) is 1.85. The van der Waals surface area contributed by atoms with E-state index in [-0.39, 0.29) is 5.91 Å². The lowest BCUT2D eigenvalue weighted by Gasteiger charge is -2.06. The number of thiol groups is 1. The largest absolute Gasteiger partial charge is 0.351 e. The van der Waals surface area contributed by atoms with Gasteiger partial charge in [0, 0.05) is 38.7 Å². The molecule has 0 spiro atoms. The molecule has 0 aliphatic rings. The molecular formula is C10H12BrNO2S2. The summed E-state index contributed by atoms with van der Waals surface area (Å²) in [6.07, 6.45) is 1.61. The van der Waals surface area contributed by atoms with E-state index >= 15 is 0 Å². The third-order valence-corrected chi connectivity index (χ3v) is 3.52. The van der Waals surface area contributed by atoms with E-state index in [1.807, 2.05) is 0 Å². The van der Waals surface area contributed by atoms with E-state index in [2.05, 4.69) is 33.9 Å². The lowest BCUT2D eigenvalue weighted by atomic mass is 10.2. The van der Waals surface area contributed by atoms with Crippen molar-refractivity contribution >= 4 is 45.3 Å². The van der Waals surface area contributed by atoms with Gasteiger partial charge in [0.05, 0.1) is 5.56 Å². The van der Waals surface area contributed by atoms with Crippen molar-refractivity contribution in [3.8, 4) is 0 Å². The highest BCUT2D eigenvalue weighted by Gasteiger charge is 2.08. The molecule has 0 bridgehead atoms. The summed E-state index contributed by atoms with van der Waals surface area (Å²) in [6, 6.07) is 5.24. The zero-order chi connectivity index (χ0) is 12.1. The van der Waals surface area contributed by atoms with Crippen LogP contribution in [0.4, 0.5) is 0 Å². The minimum atomic E-state index is -0.889. The molecule has 0 aliphatic heterocycles. The highest BCUT2D eigenvalue weighted by molar-refractivity contribution is 9.10. The van der Waals surface area contributed by atoms with Crippen LogP contribution < -0.4 is 5.32 Å². The van der Waals surface area contributed by atoms with Gasteiger partial charge in [0.15, 0.2) is 0 Å². The van der Waals surface area contributed by atoms with Crippen LogP contribution in [0.2, 0.25) is 0 Å². The van der Waals surface area contributed by atoms with Crippen LogP contribution in [0.5, 0.6) is 0 Å². The summed E-state index contributed by atoms with van der Waals surface area (Å²) in [7, 11) is -0.889. The van der Waals surface area contributed by atoms with Crippen molar-refractivity contribution in [3.63, 3.8) is 0 Å². The van der Waals surface area contributed by atoms with E-state index < -0.39 is 10.8 Å². The summed E-state index contributed by atoms with van der Waals surface area (Å²) in [5.74, 6) is 0.271. The molecule has 0 heterocycles. The molecule has 0 radical (unpaired) electrons. The Hall–Kier alpha value is -0.330. The van der Waals surface area contributed by atoms with E-state index in [1.165, 1.54) is 0 Å². The van der Waals surface area contributed by atoms with E-state index in [0.29, 0.717) is 22.8 Å². The number of carbonyl (C=O) groups excluding carboxylic acids is 1. The summed E-state index contributed by atoms with van der Waals surface area (Å²) in [5.41, 5.74) is 0.522. The van der Waals surface area contributed by atoms with Crippen LogP contribution in [0.25, 0.3) is 0 Å². The molecule has 16 heavy (non-hydrogen) atoms. The van der Waals surface area contributed by atoms with Crippen molar-refractivity contribution in [3.05, 3.63) is 28.2 Å². The number of benzene rings is 1. The first-order chi connectivity index (χ1) is 7.50. The van der Waals surface area contributed by atoms with Crippen molar-refractivity contribution < 1.29 is 9.00 Å². The topological polar surface area (TPSA) is 46.2 Å². The Kier molecular flexibility index (Phi) is 5.51. The fourth-order valence-electron chi connectivity index (χ4n) is 1.10. The lowest BCUT2D eigenvalue weighted by Crippen LogP contribution is -2.27. The summed E-state index contributed by atoms with van der Waals surface area (Å²) in [4.78, 5) is 12.3. The van der Waals surface area contributed by atoms with Gasteiger partial charge in [0.1, 0.15) is 0 Å². The van der Waals surface area contributed by atoms with Gasteiger partial charge in [0.25, 0.3) is 5.91 Å². The SMILES string of the molecule is CS(=O)CCNC(=O)c1ccc(Br)cc1S. The Labute approximate surface area is 111 Å². The van der Waals surface area contributed by atoms with Gasteiger partial charge in [-0.1, -0.05) is 15.9 Å². The zero-order valence-electron chi connectivity index (χ0n) is 8.70. The molecule has 0 aromatic heterocycles. The van der Waals surface area contributed by atoms with Crippen molar-refractivity contribution in [2.45, 2.75) is 4.90 Å². The molecule has 1 aromatic carbocycles. The van der Waals surface area contributed by atoms with Crippen LogP contribution in [-0.2, 0) is 10.8 Å². The van der Waals surface area contributed by atoms with Crippen LogP contribution in [0, 0.1) is 0 Å². The van der Waals surface area contributed by atoms with Crippen molar-refractivity contribution in [1.82, 2.24) is 5.32 Å². The van der Waals surface area contributed by atoms with Crippen LogP contribution >= 0.6 is 28.6 Å². The Morgan fingerprint density at radius 3 is 2.81 bits per heavy atom. The quantitative estimate of drug-likeness (QED) is 0.831. The fourth-order valence-corrected chi connectivity index (χ4v) is 2.34. The fraction of sp³-hybridized carbons (Fsp3) is 0.300. The van der Waals surface area contributed by atoms with Gasteiger partial charge in [-0.2, -0.15) is 0 Å². The van der Waals surface area contributed by atoms with Gasteiger partial charge in [-0.3, -0.25) is 9.00 Å². The van der Waals surface area contributed by atoms with E-state index in [4.69, 9.17) is 0 Å². The molecule has 3 nitrogen and oxygen atoms in total. The molecule has 0 fully saturated rings. The maximum atomic E-state index is 11.7. The van der Waals surface area contributed by atoms with Crippen LogP contribution in [0.15, 0.2) is 27.6 Å². The number of halogens is 1.